The smallest absolute Gasteiger partial charge is 0.257 e. The standard InChI is InChI=1S/C24H29F2N3O4S/c1-16(2)22(28-23(30)21-19(25)9-6-10-20(21)26)24(31)27-15-17-11-13-29(14-12-17)34(32,33)18-7-4-3-5-8-18/h3-10,16-17,22H,11-15H2,1-2H3,(H,27,31)(H,28,30)/t22-/m0/s1. The lowest BCUT2D eigenvalue weighted by Gasteiger charge is -2.31. The average molecular weight is 494 g/mol. The van der Waals surface area contributed by atoms with Crippen LogP contribution < -0.4 is 10.6 Å². The third-order valence-electron chi connectivity index (χ3n) is 5.95. The molecule has 2 amide bonds. The van der Waals surface area contributed by atoms with Crippen molar-refractivity contribution in [3.63, 3.8) is 0 Å². The zero-order valence-corrected chi connectivity index (χ0v) is 19.9. The van der Waals surface area contributed by atoms with E-state index in [4.69, 9.17) is 0 Å². The van der Waals surface area contributed by atoms with Gasteiger partial charge in [0, 0.05) is 19.6 Å². The maximum Gasteiger partial charge on any atom is 0.257 e. The number of piperidine rings is 1. The van der Waals surface area contributed by atoms with Crippen molar-refractivity contribution < 1.29 is 26.8 Å². The summed E-state index contributed by atoms with van der Waals surface area (Å²) in [5, 5.41) is 5.22. The van der Waals surface area contributed by atoms with Crippen LogP contribution in [0.25, 0.3) is 0 Å². The molecule has 0 aromatic heterocycles. The lowest BCUT2D eigenvalue weighted by atomic mass is 9.97. The first-order valence-electron chi connectivity index (χ1n) is 11.2. The molecule has 1 fully saturated rings. The molecule has 2 aromatic rings. The van der Waals surface area contributed by atoms with Crippen molar-refractivity contribution in [2.24, 2.45) is 11.8 Å². The summed E-state index contributed by atoms with van der Waals surface area (Å²) in [6.45, 7) is 4.43. The van der Waals surface area contributed by atoms with Gasteiger partial charge in [0.2, 0.25) is 15.9 Å². The summed E-state index contributed by atoms with van der Waals surface area (Å²) in [4.78, 5) is 25.4. The maximum absolute atomic E-state index is 13.9. The van der Waals surface area contributed by atoms with Crippen LogP contribution in [0.15, 0.2) is 53.4 Å². The average Bonchev–Trinajstić information content (AvgIpc) is 2.81. The zero-order chi connectivity index (χ0) is 24.9. The van der Waals surface area contributed by atoms with Crippen LogP contribution in [-0.4, -0.2) is 50.2 Å². The lowest BCUT2D eigenvalue weighted by Crippen LogP contribution is -2.51. The Labute approximate surface area is 198 Å². The van der Waals surface area contributed by atoms with Crippen molar-refractivity contribution in [1.82, 2.24) is 14.9 Å². The number of hydrogen-bond donors (Lipinski definition) is 2. The molecule has 1 aliphatic heterocycles. The minimum Gasteiger partial charge on any atom is -0.354 e. The van der Waals surface area contributed by atoms with E-state index in [1.165, 1.54) is 4.31 Å². The van der Waals surface area contributed by atoms with Gasteiger partial charge >= 0.3 is 0 Å². The number of benzene rings is 2. The monoisotopic (exact) mass is 493 g/mol. The van der Waals surface area contributed by atoms with E-state index >= 15 is 0 Å². The fourth-order valence-corrected chi connectivity index (χ4v) is 5.40. The summed E-state index contributed by atoms with van der Waals surface area (Å²) in [5.41, 5.74) is -0.729. The minimum atomic E-state index is -3.55. The molecule has 1 aliphatic rings. The summed E-state index contributed by atoms with van der Waals surface area (Å²) < 4.78 is 54.8. The Kier molecular flexibility index (Phi) is 8.37. The second-order valence-electron chi connectivity index (χ2n) is 8.70. The van der Waals surface area contributed by atoms with E-state index in [0.29, 0.717) is 32.5 Å². The van der Waals surface area contributed by atoms with E-state index in [1.807, 2.05) is 0 Å². The third-order valence-corrected chi connectivity index (χ3v) is 7.86. The Morgan fingerprint density at radius 1 is 1.00 bits per heavy atom. The Hall–Kier alpha value is -2.85. The molecule has 34 heavy (non-hydrogen) atoms. The Morgan fingerprint density at radius 2 is 1.59 bits per heavy atom. The highest BCUT2D eigenvalue weighted by Crippen LogP contribution is 2.23. The van der Waals surface area contributed by atoms with Crippen LogP contribution in [0.2, 0.25) is 0 Å². The normalized spacial score (nSPS) is 16.3. The summed E-state index contributed by atoms with van der Waals surface area (Å²) in [6.07, 6.45) is 1.15. The van der Waals surface area contributed by atoms with Gasteiger partial charge in [0.1, 0.15) is 23.2 Å². The first-order valence-corrected chi connectivity index (χ1v) is 12.6. The number of rotatable bonds is 8. The summed E-state index contributed by atoms with van der Waals surface area (Å²) in [7, 11) is -3.55. The van der Waals surface area contributed by atoms with Gasteiger partial charge in [-0.3, -0.25) is 9.59 Å². The van der Waals surface area contributed by atoms with Gasteiger partial charge in [-0.05, 0) is 48.9 Å². The van der Waals surface area contributed by atoms with Gasteiger partial charge < -0.3 is 10.6 Å². The van der Waals surface area contributed by atoms with Gasteiger partial charge in [-0.15, -0.1) is 0 Å². The summed E-state index contributed by atoms with van der Waals surface area (Å²) in [6, 6.07) is 10.4. The molecule has 3 rings (SSSR count). The molecule has 1 heterocycles. The maximum atomic E-state index is 13.9. The second-order valence-corrected chi connectivity index (χ2v) is 10.6. The largest absolute Gasteiger partial charge is 0.354 e. The number of amides is 2. The highest BCUT2D eigenvalue weighted by molar-refractivity contribution is 7.89. The zero-order valence-electron chi connectivity index (χ0n) is 19.1. The molecule has 1 saturated heterocycles. The van der Waals surface area contributed by atoms with Gasteiger partial charge in [-0.25, -0.2) is 17.2 Å². The van der Waals surface area contributed by atoms with Gasteiger partial charge in [0.05, 0.1) is 4.90 Å². The Balaban J connectivity index is 1.54. The van der Waals surface area contributed by atoms with Crippen molar-refractivity contribution in [2.75, 3.05) is 19.6 Å². The van der Waals surface area contributed by atoms with Crippen molar-refractivity contribution in [1.29, 1.82) is 0 Å². The van der Waals surface area contributed by atoms with E-state index in [9.17, 15) is 26.8 Å². The van der Waals surface area contributed by atoms with Crippen LogP contribution >= 0.6 is 0 Å². The van der Waals surface area contributed by atoms with Gasteiger partial charge in [-0.2, -0.15) is 4.31 Å². The molecule has 0 bridgehead atoms. The predicted molar refractivity (Wildman–Crippen MR) is 123 cm³/mol. The van der Waals surface area contributed by atoms with Gasteiger partial charge in [-0.1, -0.05) is 38.1 Å². The van der Waals surface area contributed by atoms with Gasteiger partial charge in [0.15, 0.2) is 0 Å². The second kappa shape index (κ2) is 11.1. The fraction of sp³-hybridized carbons (Fsp3) is 0.417. The number of carbonyl (C=O) groups excluding carboxylic acids is 2. The highest BCUT2D eigenvalue weighted by atomic mass is 32.2. The molecule has 0 saturated carbocycles. The number of carbonyl (C=O) groups is 2. The molecule has 2 aromatic carbocycles. The van der Waals surface area contributed by atoms with Crippen molar-refractivity contribution in [3.8, 4) is 0 Å². The fourth-order valence-electron chi connectivity index (χ4n) is 3.91. The SMILES string of the molecule is CC(C)[C@H](NC(=O)c1c(F)cccc1F)C(=O)NCC1CCN(S(=O)(=O)c2ccccc2)CC1. The quantitative estimate of drug-likeness (QED) is 0.591. The molecular weight excluding hydrogens is 464 g/mol. The van der Waals surface area contributed by atoms with Crippen molar-refractivity contribution in [3.05, 3.63) is 65.7 Å². The molecule has 0 radical (unpaired) electrons. The van der Waals surface area contributed by atoms with Crippen LogP contribution in [0.1, 0.15) is 37.0 Å². The van der Waals surface area contributed by atoms with E-state index in [0.717, 1.165) is 18.2 Å². The number of halogens is 2. The molecule has 0 spiro atoms. The number of sulfonamides is 1. The first kappa shape index (κ1) is 25.8. The van der Waals surface area contributed by atoms with Crippen LogP contribution in [0.3, 0.4) is 0 Å². The number of nitrogens with zero attached hydrogens (tertiary/aromatic N) is 1. The van der Waals surface area contributed by atoms with E-state index in [1.54, 1.807) is 44.2 Å². The van der Waals surface area contributed by atoms with E-state index in [-0.39, 0.29) is 16.7 Å². The van der Waals surface area contributed by atoms with Crippen LogP contribution in [0, 0.1) is 23.5 Å². The molecule has 2 N–H and O–H groups in total. The van der Waals surface area contributed by atoms with Crippen LogP contribution in [0.4, 0.5) is 8.78 Å². The Morgan fingerprint density at radius 3 is 2.15 bits per heavy atom. The highest BCUT2D eigenvalue weighted by Gasteiger charge is 2.31. The first-order chi connectivity index (χ1) is 16.1. The predicted octanol–water partition coefficient (Wildman–Crippen LogP) is 2.94. The Bertz CT molecular complexity index is 1100. The molecule has 0 unspecified atom stereocenters. The molecule has 10 heteroatoms. The van der Waals surface area contributed by atoms with E-state index < -0.39 is 45.1 Å². The van der Waals surface area contributed by atoms with E-state index in [2.05, 4.69) is 10.6 Å². The molecule has 7 nitrogen and oxygen atoms in total. The summed E-state index contributed by atoms with van der Waals surface area (Å²) in [5.74, 6) is -3.71. The number of nitrogens with one attached hydrogen (secondary N) is 2. The van der Waals surface area contributed by atoms with Crippen LogP contribution in [-0.2, 0) is 14.8 Å². The van der Waals surface area contributed by atoms with Crippen molar-refractivity contribution in [2.45, 2.75) is 37.6 Å². The van der Waals surface area contributed by atoms with Crippen LogP contribution in [0.5, 0.6) is 0 Å². The third kappa shape index (κ3) is 5.98. The topological polar surface area (TPSA) is 95.6 Å². The number of hydrogen-bond acceptors (Lipinski definition) is 4. The summed E-state index contributed by atoms with van der Waals surface area (Å²) >= 11 is 0. The lowest BCUT2D eigenvalue weighted by molar-refractivity contribution is -0.124. The minimum absolute atomic E-state index is 0.0682. The van der Waals surface area contributed by atoms with Gasteiger partial charge in [0.25, 0.3) is 5.91 Å². The van der Waals surface area contributed by atoms with Crippen molar-refractivity contribution >= 4 is 21.8 Å². The molecular formula is C24H29F2N3O4S. The molecule has 184 valence electrons. The molecule has 1 atom stereocenters. The molecule has 0 aliphatic carbocycles.